The molecule has 0 spiro atoms. The van der Waals surface area contributed by atoms with Gasteiger partial charge in [0.25, 0.3) is 15.7 Å². The van der Waals surface area contributed by atoms with E-state index in [9.17, 15) is 18.5 Å². The number of morpholine rings is 1. The standard InChI is InChI=1S/C46H48ClN7O5S2/c47-36-11-14-41(34-7-3-1-4-8-34)35(28-36)27-33-17-21-53(22-18-33)38-12-15-42-44(29-38)48-32-49-46(42)51-61(57,58)40-13-16-43(45(30-40)54(55)56)50-37(19-20-52-23-25-59-26-24-52)31-60-39-9-5-2-6-10-39/h1-16,28-30,32-33,37,50H,17-27,31H2,(H,48,49,51). The minimum Gasteiger partial charge on any atom is -0.379 e. The molecule has 6 aromatic rings. The first-order valence-corrected chi connectivity index (χ1v) is 23.4. The average molecular weight is 879 g/mol. The highest BCUT2D eigenvalue weighted by Crippen LogP contribution is 2.35. The van der Waals surface area contributed by atoms with Gasteiger partial charge in [-0.25, -0.2) is 18.4 Å². The molecule has 0 radical (unpaired) electrons. The van der Waals surface area contributed by atoms with Crippen LogP contribution in [0.25, 0.3) is 22.0 Å². The lowest BCUT2D eigenvalue weighted by molar-refractivity contribution is -0.384. The number of hydrogen-bond donors (Lipinski definition) is 2. The molecule has 8 rings (SSSR count). The van der Waals surface area contributed by atoms with Crippen LogP contribution in [-0.4, -0.2) is 85.9 Å². The Bertz CT molecular complexity index is 2560. The van der Waals surface area contributed by atoms with Crippen LogP contribution in [0.4, 0.5) is 22.9 Å². The number of hydrogen-bond acceptors (Lipinski definition) is 11. The normalized spacial score (nSPS) is 15.7. The fourth-order valence-corrected chi connectivity index (χ4v) is 10.3. The third-order valence-electron chi connectivity index (χ3n) is 11.4. The number of halogens is 1. The van der Waals surface area contributed by atoms with Crippen LogP contribution < -0.4 is 14.9 Å². The van der Waals surface area contributed by atoms with Crippen LogP contribution in [0.5, 0.6) is 0 Å². The number of nitrogens with zero attached hydrogens (tertiary/aromatic N) is 5. The maximum atomic E-state index is 13.8. The molecule has 0 aliphatic carbocycles. The number of thioether (sulfide) groups is 1. The SMILES string of the molecule is O=[N+]([O-])c1cc(S(=O)(=O)Nc2ncnc3cc(N4CCC(Cc5cc(Cl)ccc5-c5ccccc5)CC4)ccc23)ccc1NC(CCN1CCOCC1)CSc1ccccc1. The van der Waals surface area contributed by atoms with Gasteiger partial charge in [-0.05, 0) is 103 Å². The summed E-state index contributed by atoms with van der Waals surface area (Å²) in [5, 5.41) is 17.1. The number of rotatable bonds is 16. The Labute approximate surface area is 365 Å². The van der Waals surface area contributed by atoms with Crippen LogP contribution in [0.3, 0.4) is 0 Å². The van der Waals surface area contributed by atoms with Crippen LogP contribution in [0, 0.1) is 16.0 Å². The van der Waals surface area contributed by atoms with Gasteiger partial charge in [-0.15, -0.1) is 11.8 Å². The molecule has 0 saturated carbocycles. The van der Waals surface area contributed by atoms with E-state index in [1.807, 2.05) is 60.7 Å². The second-order valence-electron chi connectivity index (χ2n) is 15.5. The maximum absolute atomic E-state index is 13.8. The maximum Gasteiger partial charge on any atom is 0.293 e. The summed E-state index contributed by atoms with van der Waals surface area (Å²) in [6, 6.07) is 36.2. The van der Waals surface area contributed by atoms with Gasteiger partial charge in [0.05, 0.1) is 28.5 Å². The van der Waals surface area contributed by atoms with E-state index >= 15 is 0 Å². The number of sulfonamides is 1. The van der Waals surface area contributed by atoms with Gasteiger partial charge in [0.15, 0.2) is 5.82 Å². The van der Waals surface area contributed by atoms with E-state index < -0.39 is 14.9 Å². The summed E-state index contributed by atoms with van der Waals surface area (Å²) in [7, 11) is -4.28. The van der Waals surface area contributed by atoms with Crippen molar-refractivity contribution in [2.24, 2.45) is 5.92 Å². The predicted molar refractivity (Wildman–Crippen MR) is 245 cm³/mol. The fourth-order valence-electron chi connectivity index (χ4n) is 8.09. The van der Waals surface area contributed by atoms with Crippen molar-refractivity contribution < 1.29 is 18.1 Å². The molecule has 2 saturated heterocycles. The van der Waals surface area contributed by atoms with Crippen molar-refractivity contribution in [1.29, 1.82) is 0 Å². The van der Waals surface area contributed by atoms with Crippen molar-refractivity contribution in [3.63, 3.8) is 0 Å². The first-order valence-electron chi connectivity index (χ1n) is 20.6. The molecule has 2 N–H and O–H groups in total. The highest BCUT2D eigenvalue weighted by molar-refractivity contribution is 7.99. The summed E-state index contributed by atoms with van der Waals surface area (Å²) < 4.78 is 35.8. The fraction of sp³-hybridized carbons (Fsp3) is 0.304. The lowest BCUT2D eigenvalue weighted by Crippen LogP contribution is -2.39. The third kappa shape index (κ3) is 10.8. The number of ether oxygens (including phenoxy) is 1. The van der Waals surface area contributed by atoms with Crippen LogP contribution in [-0.2, 0) is 21.2 Å². The first kappa shape index (κ1) is 42.4. The van der Waals surface area contributed by atoms with Crippen molar-refractivity contribution in [3.05, 3.63) is 142 Å². The molecule has 0 amide bonds. The molecule has 2 aliphatic heterocycles. The molecule has 12 nitrogen and oxygen atoms in total. The quantitative estimate of drug-likeness (QED) is 0.0546. The molecule has 2 fully saturated rings. The largest absolute Gasteiger partial charge is 0.379 e. The molecule has 3 heterocycles. The zero-order chi connectivity index (χ0) is 42.2. The van der Waals surface area contributed by atoms with E-state index in [-0.39, 0.29) is 28.1 Å². The number of anilines is 3. The Hall–Kier alpha value is -5.25. The van der Waals surface area contributed by atoms with Gasteiger partial charge < -0.3 is 15.0 Å². The molecular weight excluding hydrogens is 830 g/mol. The van der Waals surface area contributed by atoms with Gasteiger partial charge in [-0.1, -0.05) is 66.2 Å². The Balaban J connectivity index is 0.939. The Kier molecular flexibility index (Phi) is 13.7. The van der Waals surface area contributed by atoms with E-state index in [1.165, 1.54) is 35.2 Å². The van der Waals surface area contributed by atoms with Crippen molar-refractivity contribution >= 4 is 67.2 Å². The second kappa shape index (κ2) is 19.6. The highest BCUT2D eigenvalue weighted by Gasteiger charge is 2.26. The number of nitrogens with one attached hydrogen (secondary N) is 2. The molecule has 316 valence electrons. The van der Waals surface area contributed by atoms with E-state index in [0.29, 0.717) is 35.8 Å². The van der Waals surface area contributed by atoms with Crippen LogP contribution >= 0.6 is 23.4 Å². The topological polar surface area (TPSA) is 143 Å². The minimum absolute atomic E-state index is 0.0944. The van der Waals surface area contributed by atoms with Crippen LogP contribution in [0.1, 0.15) is 24.8 Å². The van der Waals surface area contributed by atoms with Crippen molar-refractivity contribution in [2.75, 3.05) is 66.6 Å². The van der Waals surface area contributed by atoms with Crippen molar-refractivity contribution in [1.82, 2.24) is 14.9 Å². The molecule has 61 heavy (non-hydrogen) atoms. The summed E-state index contributed by atoms with van der Waals surface area (Å²) in [5.74, 6) is 1.26. The Morgan fingerprint density at radius 1 is 0.885 bits per heavy atom. The third-order valence-corrected chi connectivity index (χ3v) is 14.2. The Morgan fingerprint density at radius 3 is 2.39 bits per heavy atom. The van der Waals surface area contributed by atoms with Crippen LogP contribution in [0.15, 0.2) is 131 Å². The highest BCUT2D eigenvalue weighted by atomic mass is 35.5. The van der Waals surface area contributed by atoms with Gasteiger partial charge in [0.1, 0.15) is 12.0 Å². The zero-order valence-corrected chi connectivity index (χ0v) is 36.0. The monoisotopic (exact) mass is 877 g/mol. The summed E-state index contributed by atoms with van der Waals surface area (Å²) in [6.07, 6.45) is 5.02. The smallest absolute Gasteiger partial charge is 0.293 e. The number of fused-ring (bicyclic) bond motifs is 1. The number of piperidine rings is 1. The van der Waals surface area contributed by atoms with E-state index in [0.717, 1.165) is 80.1 Å². The van der Waals surface area contributed by atoms with Gasteiger partial charge in [0.2, 0.25) is 0 Å². The summed E-state index contributed by atoms with van der Waals surface area (Å²) in [4.78, 5) is 26.2. The molecular formula is C46H48ClN7O5S2. The second-order valence-corrected chi connectivity index (χ2v) is 18.7. The van der Waals surface area contributed by atoms with E-state index in [1.54, 1.807) is 11.8 Å². The van der Waals surface area contributed by atoms with Gasteiger partial charge in [-0.3, -0.25) is 19.7 Å². The van der Waals surface area contributed by atoms with E-state index in [2.05, 4.69) is 66.2 Å². The average Bonchev–Trinajstić information content (AvgIpc) is 3.28. The van der Waals surface area contributed by atoms with Crippen LogP contribution in [0.2, 0.25) is 5.02 Å². The van der Waals surface area contributed by atoms with E-state index in [4.69, 9.17) is 16.3 Å². The summed E-state index contributed by atoms with van der Waals surface area (Å²) in [6.45, 7) is 5.57. The molecule has 15 heteroatoms. The summed E-state index contributed by atoms with van der Waals surface area (Å²) >= 11 is 8.12. The lowest BCUT2D eigenvalue weighted by atomic mass is 9.87. The predicted octanol–water partition coefficient (Wildman–Crippen LogP) is 9.41. The molecule has 5 aromatic carbocycles. The first-order chi connectivity index (χ1) is 29.7. The van der Waals surface area contributed by atoms with Gasteiger partial charge >= 0.3 is 0 Å². The van der Waals surface area contributed by atoms with Crippen molar-refractivity contribution in [3.8, 4) is 11.1 Å². The number of nitro groups is 1. The summed E-state index contributed by atoms with van der Waals surface area (Å²) in [5.41, 5.74) is 5.18. The number of nitro benzene ring substituents is 1. The van der Waals surface area contributed by atoms with Gasteiger partial charge in [-0.2, -0.15) is 0 Å². The molecule has 1 unspecified atom stereocenters. The Morgan fingerprint density at radius 2 is 1.64 bits per heavy atom. The lowest BCUT2D eigenvalue weighted by Gasteiger charge is -2.34. The minimum atomic E-state index is -4.28. The molecule has 1 aromatic heterocycles. The zero-order valence-electron chi connectivity index (χ0n) is 33.7. The number of benzene rings is 5. The molecule has 1 atom stereocenters. The van der Waals surface area contributed by atoms with Gasteiger partial charge in [0, 0.05) is 71.6 Å². The van der Waals surface area contributed by atoms with Crippen molar-refractivity contribution in [2.45, 2.75) is 41.5 Å². The molecule has 0 bridgehead atoms. The number of aromatic nitrogens is 2. The molecule has 2 aliphatic rings.